The van der Waals surface area contributed by atoms with Gasteiger partial charge < -0.3 is 14.0 Å². The Morgan fingerprint density at radius 1 is 1.04 bits per heavy atom. The topological polar surface area (TPSA) is 81.6 Å². The van der Waals surface area contributed by atoms with E-state index < -0.39 is 5.91 Å². The predicted molar refractivity (Wildman–Crippen MR) is 106 cm³/mol. The summed E-state index contributed by atoms with van der Waals surface area (Å²) in [5.41, 5.74) is 7.18. The third-order valence-electron chi connectivity index (χ3n) is 4.36. The quantitative estimate of drug-likeness (QED) is 0.644. The molecule has 2 N–H and O–H groups in total. The maximum Gasteiger partial charge on any atom is 0.269 e. The minimum atomic E-state index is -0.441. The van der Waals surface area contributed by atoms with Crippen molar-refractivity contribution >= 4 is 22.7 Å². The number of methoxy groups -OCH3 is 1. The van der Waals surface area contributed by atoms with Crippen LogP contribution in [0.5, 0.6) is 11.5 Å². The molecule has 28 heavy (non-hydrogen) atoms. The summed E-state index contributed by atoms with van der Waals surface area (Å²) in [6.45, 7) is 4.40. The first-order chi connectivity index (χ1) is 13.5. The number of rotatable bonds is 6. The van der Waals surface area contributed by atoms with Crippen LogP contribution in [0.1, 0.15) is 23.0 Å². The van der Waals surface area contributed by atoms with Crippen LogP contribution in [0.4, 0.5) is 0 Å². The average molecular weight is 381 g/mol. The number of carbonyl (C=O) groups excluding carboxylic acids is 2. The molecule has 3 rings (SSSR count). The van der Waals surface area contributed by atoms with Gasteiger partial charge in [-0.05, 0) is 49.6 Å². The van der Waals surface area contributed by atoms with Gasteiger partial charge >= 0.3 is 0 Å². The van der Waals surface area contributed by atoms with Gasteiger partial charge in [0.1, 0.15) is 6.54 Å². The van der Waals surface area contributed by atoms with Gasteiger partial charge in [0.05, 0.1) is 13.7 Å². The fraction of sp³-hybridized carbons (Fsp3) is 0.238. The molecule has 0 aliphatic carbocycles. The van der Waals surface area contributed by atoms with Gasteiger partial charge in [0.15, 0.2) is 11.5 Å². The number of fused-ring (bicyclic) bond motifs is 1. The Morgan fingerprint density at radius 2 is 1.82 bits per heavy atom. The van der Waals surface area contributed by atoms with Crippen LogP contribution in [0.15, 0.2) is 48.5 Å². The molecule has 0 aliphatic heterocycles. The number of ether oxygens (including phenoxy) is 2. The third-order valence-corrected chi connectivity index (χ3v) is 4.36. The molecule has 146 valence electrons. The molecular formula is C21H23N3O4. The standard InChI is InChI=1S/C21H23N3O4/c1-4-28-18-10-9-16(12-19(18)27-3)21(26)23-22-20(25)13-24-14(2)11-15-7-5-6-8-17(15)24/h5-12H,4,13H2,1-3H3,(H,22,25)(H,23,26). The first-order valence-electron chi connectivity index (χ1n) is 8.98. The Kier molecular flexibility index (Phi) is 5.84. The molecule has 0 unspecified atom stereocenters. The number of para-hydroxylation sites is 1. The van der Waals surface area contributed by atoms with Crippen LogP contribution in [-0.4, -0.2) is 30.1 Å². The van der Waals surface area contributed by atoms with Gasteiger partial charge in [0, 0.05) is 16.8 Å². The zero-order valence-electron chi connectivity index (χ0n) is 16.1. The zero-order valence-corrected chi connectivity index (χ0v) is 16.1. The lowest BCUT2D eigenvalue weighted by atomic mass is 10.2. The Morgan fingerprint density at radius 3 is 2.57 bits per heavy atom. The van der Waals surface area contributed by atoms with Crippen LogP contribution in [0.2, 0.25) is 0 Å². The van der Waals surface area contributed by atoms with Crippen LogP contribution in [0.3, 0.4) is 0 Å². The molecule has 0 radical (unpaired) electrons. The maximum atomic E-state index is 12.3. The molecule has 0 fully saturated rings. The van der Waals surface area contributed by atoms with Crippen molar-refractivity contribution in [2.45, 2.75) is 20.4 Å². The van der Waals surface area contributed by atoms with Crippen molar-refractivity contribution in [3.05, 3.63) is 59.8 Å². The van der Waals surface area contributed by atoms with Crippen molar-refractivity contribution < 1.29 is 19.1 Å². The van der Waals surface area contributed by atoms with E-state index in [0.717, 1.165) is 16.6 Å². The van der Waals surface area contributed by atoms with Gasteiger partial charge in [-0.15, -0.1) is 0 Å². The number of carbonyl (C=O) groups is 2. The highest BCUT2D eigenvalue weighted by atomic mass is 16.5. The van der Waals surface area contributed by atoms with Crippen molar-refractivity contribution in [3.63, 3.8) is 0 Å². The first kappa shape index (κ1) is 19.3. The van der Waals surface area contributed by atoms with E-state index in [0.29, 0.717) is 23.7 Å². The van der Waals surface area contributed by atoms with Gasteiger partial charge in [-0.25, -0.2) is 0 Å². The van der Waals surface area contributed by atoms with E-state index in [1.54, 1.807) is 18.2 Å². The molecule has 3 aromatic rings. The predicted octanol–water partition coefficient (Wildman–Crippen LogP) is 2.82. The van der Waals surface area contributed by atoms with Gasteiger partial charge in [-0.1, -0.05) is 18.2 Å². The first-order valence-corrected chi connectivity index (χ1v) is 8.98. The minimum Gasteiger partial charge on any atom is -0.493 e. The maximum absolute atomic E-state index is 12.3. The largest absolute Gasteiger partial charge is 0.493 e. The summed E-state index contributed by atoms with van der Waals surface area (Å²) in [7, 11) is 1.51. The molecule has 7 heteroatoms. The SMILES string of the molecule is CCOc1ccc(C(=O)NNC(=O)Cn2c(C)cc3ccccc32)cc1OC. The summed E-state index contributed by atoms with van der Waals surface area (Å²) in [5, 5.41) is 1.07. The number of benzene rings is 2. The molecule has 0 bridgehead atoms. The van der Waals surface area contributed by atoms with E-state index in [1.165, 1.54) is 7.11 Å². The summed E-state index contributed by atoms with van der Waals surface area (Å²) in [6, 6.07) is 14.7. The number of hydrazine groups is 1. The molecule has 2 amide bonds. The van der Waals surface area contributed by atoms with Crippen LogP contribution in [-0.2, 0) is 11.3 Å². The highest BCUT2D eigenvalue weighted by Crippen LogP contribution is 2.27. The lowest BCUT2D eigenvalue weighted by Crippen LogP contribution is -2.43. The van der Waals surface area contributed by atoms with E-state index in [9.17, 15) is 9.59 Å². The lowest BCUT2D eigenvalue weighted by molar-refractivity contribution is -0.122. The number of aryl methyl sites for hydroxylation is 1. The summed E-state index contributed by atoms with van der Waals surface area (Å²) < 4.78 is 12.6. The molecule has 2 aromatic carbocycles. The normalized spacial score (nSPS) is 10.5. The number of amides is 2. The van der Waals surface area contributed by atoms with Gasteiger partial charge in [-0.3, -0.25) is 20.4 Å². The third kappa shape index (κ3) is 4.09. The second-order valence-corrected chi connectivity index (χ2v) is 6.23. The molecule has 0 saturated heterocycles. The number of nitrogens with one attached hydrogen (secondary N) is 2. The Hall–Kier alpha value is -3.48. The van der Waals surface area contributed by atoms with E-state index in [4.69, 9.17) is 9.47 Å². The molecule has 7 nitrogen and oxygen atoms in total. The van der Waals surface area contributed by atoms with Gasteiger partial charge in [0.2, 0.25) is 0 Å². The van der Waals surface area contributed by atoms with Crippen LogP contribution in [0.25, 0.3) is 10.9 Å². The van der Waals surface area contributed by atoms with Crippen LogP contribution < -0.4 is 20.3 Å². The van der Waals surface area contributed by atoms with Crippen molar-refractivity contribution in [3.8, 4) is 11.5 Å². The molecule has 0 aliphatic rings. The fourth-order valence-electron chi connectivity index (χ4n) is 3.02. The van der Waals surface area contributed by atoms with Crippen LogP contribution in [0, 0.1) is 6.92 Å². The highest BCUT2D eigenvalue weighted by Gasteiger charge is 2.13. The minimum absolute atomic E-state index is 0.103. The number of hydrogen-bond acceptors (Lipinski definition) is 4. The smallest absolute Gasteiger partial charge is 0.269 e. The summed E-state index contributed by atoms with van der Waals surface area (Å²) in [6.07, 6.45) is 0. The Bertz CT molecular complexity index is 1010. The van der Waals surface area contributed by atoms with Crippen molar-refractivity contribution in [2.75, 3.05) is 13.7 Å². The monoisotopic (exact) mass is 381 g/mol. The van der Waals surface area contributed by atoms with E-state index in [2.05, 4.69) is 10.9 Å². The number of nitrogens with zero attached hydrogens (tertiary/aromatic N) is 1. The molecule has 1 heterocycles. The lowest BCUT2D eigenvalue weighted by Gasteiger charge is -2.12. The van der Waals surface area contributed by atoms with Gasteiger partial charge in [0.25, 0.3) is 11.8 Å². The van der Waals surface area contributed by atoms with Crippen LogP contribution >= 0.6 is 0 Å². The second-order valence-electron chi connectivity index (χ2n) is 6.23. The molecule has 1 aromatic heterocycles. The Balaban J connectivity index is 1.64. The molecule has 0 saturated carbocycles. The van der Waals surface area contributed by atoms with Gasteiger partial charge in [-0.2, -0.15) is 0 Å². The highest BCUT2D eigenvalue weighted by molar-refractivity contribution is 5.96. The van der Waals surface area contributed by atoms with E-state index in [1.807, 2.05) is 48.7 Å². The second kappa shape index (κ2) is 8.47. The average Bonchev–Trinajstić information content (AvgIpc) is 3.02. The summed E-state index contributed by atoms with van der Waals surface area (Å²) in [5.74, 6) is 0.246. The number of hydrogen-bond donors (Lipinski definition) is 2. The summed E-state index contributed by atoms with van der Waals surface area (Å²) in [4.78, 5) is 24.7. The van der Waals surface area contributed by atoms with E-state index in [-0.39, 0.29) is 12.5 Å². The number of aromatic nitrogens is 1. The molecular weight excluding hydrogens is 358 g/mol. The summed E-state index contributed by atoms with van der Waals surface area (Å²) >= 11 is 0. The van der Waals surface area contributed by atoms with Crippen molar-refractivity contribution in [1.29, 1.82) is 0 Å². The Labute approximate surface area is 163 Å². The van der Waals surface area contributed by atoms with Crippen molar-refractivity contribution in [2.24, 2.45) is 0 Å². The zero-order chi connectivity index (χ0) is 20.1. The molecule has 0 spiro atoms. The fourth-order valence-corrected chi connectivity index (χ4v) is 3.02. The van der Waals surface area contributed by atoms with E-state index >= 15 is 0 Å². The molecule has 0 atom stereocenters. The van der Waals surface area contributed by atoms with Crippen molar-refractivity contribution in [1.82, 2.24) is 15.4 Å².